The van der Waals surface area contributed by atoms with Gasteiger partial charge in [0.2, 0.25) is 0 Å². The first-order valence-electron chi connectivity index (χ1n) is 3.09. The Morgan fingerprint density at radius 3 is 2.83 bits per heavy atom. The molecule has 0 radical (unpaired) electrons. The molecule has 0 amide bonds. The number of rotatable bonds is 4. The van der Waals surface area contributed by atoms with Gasteiger partial charge in [-0.25, -0.2) is 9.18 Å². The Labute approximate surface area is 68.4 Å². The third kappa shape index (κ3) is 3.51. The molecule has 0 aliphatic heterocycles. The van der Waals surface area contributed by atoms with E-state index in [1.54, 1.807) is 6.92 Å². The number of hydrogen-bond donors (Lipinski definition) is 0. The predicted molar refractivity (Wildman–Crippen MR) is 36.7 cm³/mol. The monoisotopic (exact) mass is 174 g/mol. The lowest BCUT2D eigenvalue weighted by atomic mass is 10.4. The third-order valence-corrected chi connectivity index (χ3v) is 0.779. The molecule has 0 spiro atoms. The standard InChI is InChI=1S/C6H7FN2O3/c1-2-11-6(10)5(3-8)9-12-4-7/h2,4H2,1H3. The van der Waals surface area contributed by atoms with Crippen LogP contribution in [0.2, 0.25) is 0 Å². The minimum atomic E-state index is -1.19. The second-order valence-electron chi connectivity index (χ2n) is 1.51. The van der Waals surface area contributed by atoms with E-state index in [1.165, 1.54) is 6.07 Å². The maximum absolute atomic E-state index is 11.3. The summed E-state index contributed by atoms with van der Waals surface area (Å²) >= 11 is 0. The first kappa shape index (κ1) is 10.4. The fourth-order valence-corrected chi connectivity index (χ4v) is 0.392. The van der Waals surface area contributed by atoms with Crippen LogP contribution in [0.3, 0.4) is 0 Å². The second-order valence-corrected chi connectivity index (χ2v) is 1.51. The van der Waals surface area contributed by atoms with Gasteiger partial charge in [-0.2, -0.15) is 5.26 Å². The molecule has 0 bridgehead atoms. The lowest BCUT2D eigenvalue weighted by Gasteiger charge is -1.96. The molecule has 0 aliphatic carbocycles. The molecule has 12 heavy (non-hydrogen) atoms. The van der Waals surface area contributed by atoms with Crippen molar-refractivity contribution < 1.29 is 18.8 Å². The highest BCUT2D eigenvalue weighted by Gasteiger charge is 2.12. The van der Waals surface area contributed by atoms with Crippen LogP contribution in [0.4, 0.5) is 4.39 Å². The molecular weight excluding hydrogens is 167 g/mol. The van der Waals surface area contributed by atoms with Crippen LogP contribution in [0.15, 0.2) is 5.16 Å². The summed E-state index contributed by atoms with van der Waals surface area (Å²) in [6.45, 7) is 0.503. The smallest absolute Gasteiger partial charge is 0.371 e. The molecule has 0 saturated carbocycles. The Balaban J connectivity index is 4.16. The van der Waals surface area contributed by atoms with Gasteiger partial charge in [-0.3, -0.25) is 0 Å². The average molecular weight is 174 g/mol. The van der Waals surface area contributed by atoms with Crippen LogP contribution in [-0.2, 0) is 14.4 Å². The van der Waals surface area contributed by atoms with Gasteiger partial charge in [0.05, 0.1) is 6.61 Å². The van der Waals surface area contributed by atoms with E-state index in [9.17, 15) is 9.18 Å². The van der Waals surface area contributed by atoms with Crippen molar-refractivity contribution in [1.82, 2.24) is 0 Å². The van der Waals surface area contributed by atoms with Crippen LogP contribution < -0.4 is 0 Å². The van der Waals surface area contributed by atoms with E-state index in [0.717, 1.165) is 0 Å². The van der Waals surface area contributed by atoms with Gasteiger partial charge < -0.3 is 9.57 Å². The zero-order chi connectivity index (χ0) is 9.40. The molecular formula is C6H7FN2O3. The van der Waals surface area contributed by atoms with Crippen LogP contribution >= 0.6 is 0 Å². The van der Waals surface area contributed by atoms with Crippen LogP contribution in [0.25, 0.3) is 0 Å². The fourth-order valence-electron chi connectivity index (χ4n) is 0.392. The number of ether oxygens (including phenoxy) is 1. The first-order valence-corrected chi connectivity index (χ1v) is 3.09. The van der Waals surface area contributed by atoms with E-state index in [0.29, 0.717) is 0 Å². The first-order chi connectivity index (χ1) is 5.76. The number of alkyl halides is 1. The van der Waals surface area contributed by atoms with E-state index < -0.39 is 18.5 Å². The molecule has 0 unspecified atom stereocenters. The van der Waals surface area contributed by atoms with E-state index in [1.807, 2.05) is 0 Å². The minimum Gasteiger partial charge on any atom is -0.461 e. The largest absolute Gasteiger partial charge is 0.461 e. The molecule has 0 aromatic carbocycles. The van der Waals surface area contributed by atoms with Crippen molar-refractivity contribution in [3.8, 4) is 6.07 Å². The normalized spacial score (nSPS) is 10.2. The van der Waals surface area contributed by atoms with Crippen LogP contribution in [0.5, 0.6) is 0 Å². The van der Waals surface area contributed by atoms with Gasteiger partial charge in [-0.1, -0.05) is 5.16 Å². The van der Waals surface area contributed by atoms with E-state index in [4.69, 9.17) is 5.26 Å². The molecule has 0 fully saturated rings. The summed E-state index contributed by atoms with van der Waals surface area (Å²) in [4.78, 5) is 14.6. The maximum Gasteiger partial charge on any atom is 0.371 e. The summed E-state index contributed by atoms with van der Waals surface area (Å²) in [6.07, 6.45) is 0. The molecule has 6 heteroatoms. The molecule has 0 saturated heterocycles. The second kappa shape index (κ2) is 6.09. The predicted octanol–water partition coefficient (Wildman–Crippen LogP) is 0.373. The Morgan fingerprint density at radius 1 is 1.75 bits per heavy atom. The highest BCUT2D eigenvalue weighted by atomic mass is 19.1. The molecule has 0 aromatic heterocycles. The van der Waals surface area contributed by atoms with Crippen LogP contribution in [0, 0.1) is 11.3 Å². The topological polar surface area (TPSA) is 71.7 Å². The van der Waals surface area contributed by atoms with E-state index >= 15 is 0 Å². The number of carbonyl (C=O) groups is 1. The summed E-state index contributed by atoms with van der Waals surface area (Å²) in [7, 11) is 0. The summed E-state index contributed by atoms with van der Waals surface area (Å²) in [5.41, 5.74) is -0.602. The van der Waals surface area contributed by atoms with Crippen molar-refractivity contribution in [2.24, 2.45) is 5.16 Å². The molecule has 0 heterocycles. The van der Waals surface area contributed by atoms with Gasteiger partial charge >= 0.3 is 5.97 Å². The maximum atomic E-state index is 11.3. The van der Waals surface area contributed by atoms with Crippen molar-refractivity contribution in [3.05, 3.63) is 0 Å². The molecule has 0 aromatic rings. The molecule has 0 atom stereocenters. The van der Waals surface area contributed by atoms with Gasteiger partial charge in [0, 0.05) is 0 Å². The van der Waals surface area contributed by atoms with E-state index in [-0.39, 0.29) is 6.61 Å². The quantitative estimate of drug-likeness (QED) is 0.350. The lowest BCUT2D eigenvalue weighted by Crippen LogP contribution is -2.16. The van der Waals surface area contributed by atoms with Crippen molar-refractivity contribution in [3.63, 3.8) is 0 Å². The Kier molecular flexibility index (Phi) is 5.26. The number of hydrogen-bond acceptors (Lipinski definition) is 5. The number of esters is 1. The fraction of sp³-hybridized carbons (Fsp3) is 0.500. The zero-order valence-electron chi connectivity index (χ0n) is 6.41. The zero-order valence-corrected chi connectivity index (χ0v) is 6.41. The van der Waals surface area contributed by atoms with Gasteiger partial charge in [0.15, 0.2) is 0 Å². The Hall–Kier alpha value is -1.64. The summed E-state index contributed by atoms with van der Waals surface area (Å²) in [6, 6.07) is 1.41. The number of carbonyl (C=O) groups excluding carboxylic acids is 1. The van der Waals surface area contributed by atoms with Gasteiger partial charge in [-0.05, 0) is 6.92 Å². The van der Waals surface area contributed by atoms with Gasteiger partial charge in [0.1, 0.15) is 6.07 Å². The molecule has 0 rings (SSSR count). The number of nitrogens with zero attached hydrogens (tertiary/aromatic N) is 2. The molecule has 0 aliphatic rings. The average Bonchev–Trinajstić information content (AvgIpc) is 2.06. The summed E-state index contributed by atoms with van der Waals surface area (Å²) in [5, 5.41) is 11.2. The summed E-state index contributed by atoms with van der Waals surface area (Å²) < 4.78 is 15.7. The van der Waals surface area contributed by atoms with Gasteiger partial charge in [0.25, 0.3) is 12.6 Å². The van der Waals surface area contributed by atoms with Crippen molar-refractivity contribution in [1.29, 1.82) is 5.26 Å². The lowest BCUT2D eigenvalue weighted by molar-refractivity contribution is -0.135. The highest BCUT2D eigenvalue weighted by Crippen LogP contribution is 1.86. The van der Waals surface area contributed by atoms with E-state index in [2.05, 4.69) is 14.7 Å². The van der Waals surface area contributed by atoms with Crippen molar-refractivity contribution >= 4 is 11.7 Å². The third-order valence-electron chi connectivity index (χ3n) is 0.779. The number of halogens is 1. The van der Waals surface area contributed by atoms with Gasteiger partial charge in [-0.15, -0.1) is 0 Å². The number of nitriles is 1. The minimum absolute atomic E-state index is 0.120. The molecule has 66 valence electrons. The van der Waals surface area contributed by atoms with Crippen LogP contribution in [0.1, 0.15) is 6.92 Å². The summed E-state index contributed by atoms with van der Waals surface area (Å²) in [5.74, 6) is -0.923. The Bertz CT molecular complexity index is 221. The number of oxime groups is 1. The SMILES string of the molecule is CCOC(=O)C(C#N)=NOCF. The Morgan fingerprint density at radius 2 is 2.42 bits per heavy atom. The highest BCUT2D eigenvalue weighted by molar-refractivity contribution is 6.42. The van der Waals surface area contributed by atoms with Crippen molar-refractivity contribution in [2.75, 3.05) is 13.5 Å². The van der Waals surface area contributed by atoms with Crippen LogP contribution in [-0.4, -0.2) is 25.1 Å². The van der Waals surface area contributed by atoms with Crippen molar-refractivity contribution in [2.45, 2.75) is 6.92 Å². The molecule has 5 nitrogen and oxygen atoms in total. The molecule has 0 N–H and O–H groups in total.